The number of ether oxygens (including phenoxy) is 1. The van der Waals surface area contributed by atoms with Gasteiger partial charge in [0.25, 0.3) is 0 Å². The van der Waals surface area contributed by atoms with Crippen LogP contribution in [0.3, 0.4) is 0 Å². The Morgan fingerprint density at radius 3 is 2.94 bits per heavy atom. The van der Waals surface area contributed by atoms with Crippen LogP contribution in [0.5, 0.6) is 5.75 Å². The number of nitrogens with zero attached hydrogens (tertiary/aromatic N) is 1. The predicted molar refractivity (Wildman–Crippen MR) is 130 cm³/mol. The summed E-state index contributed by atoms with van der Waals surface area (Å²) in [6.45, 7) is 5.29. The van der Waals surface area contributed by atoms with E-state index in [9.17, 15) is 4.79 Å². The minimum atomic E-state index is -0.0385. The molecule has 1 saturated heterocycles. The van der Waals surface area contributed by atoms with Crippen molar-refractivity contribution in [1.29, 1.82) is 0 Å². The maximum atomic E-state index is 13.0. The monoisotopic (exact) mass is 433 g/mol. The van der Waals surface area contributed by atoms with E-state index in [2.05, 4.69) is 40.3 Å². The molecule has 0 radical (unpaired) electrons. The van der Waals surface area contributed by atoms with Crippen LogP contribution >= 0.6 is 0 Å². The molecule has 2 aromatic carbocycles. The number of fused-ring (bicyclic) bond motifs is 1. The van der Waals surface area contributed by atoms with Crippen molar-refractivity contribution < 1.29 is 9.53 Å². The Bertz CT molecular complexity index is 1030. The number of amides is 1. The Labute approximate surface area is 191 Å². The van der Waals surface area contributed by atoms with Crippen LogP contribution in [-0.2, 0) is 4.79 Å². The SMILES string of the molecule is COc1cccc(C(CC(=O)NCCCN2CCCCC2C)c2c[nH]c3ccccc23)c1. The van der Waals surface area contributed by atoms with Gasteiger partial charge in [-0.05, 0) is 62.1 Å². The van der Waals surface area contributed by atoms with Crippen molar-refractivity contribution in [3.8, 4) is 5.75 Å². The molecule has 1 amide bonds. The number of para-hydroxylation sites is 1. The molecule has 1 aromatic heterocycles. The zero-order valence-electron chi connectivity index (χ0n) is 19.3. The van der Waals surface area contributed by atoms with Crippen LogP contribution in [-0.4, -0.2) is 48.6 Å². The van der Waals surface area contributed by atoms with Crippen LogP contribution in [0, 0.1) is 0 Å². The number of piperidine rings is 1. The lowest BCUT2D eigenvalue weighted by atomic mass is 9.88. The molecule has 4 rings (SSSR count). The molecule has 170 valence electrons. The summed E-state index contributed by atoms with van der Waals surface area (Å²) in [5.41, 5.74) is 3.32. The van der Waals surface area contributed by atoms with Crippen LogP contribution < -0.4 is 10.1 Å². The van der Waals surface area contributed by atoms with Gasteiger partial charge in [-0.2, -0.15) is 0 Å². The lowest BCUT2D eigenvalue weighted by molar-refractivity contribution is -0.121. The van der Waals surface area contributed by atoms with Gasteiger partial charge in [-0.15, -0.1) is 0 Å². The third kappa shape index (κ3) is 5.33. The summed E-state index contributed by atoms with van der Waals surface area (Å²) in [4.78, 5) is 18.9. The van der Waals surface area contributed by atoms with Crippen LogP contribution in [0.15, 0.2) is 54.7 Å². The second kappa shape index (κ2) is 10.7. The maximum absolute atomic E-state index is 13.0. The quantitative estimate of drug-likeness (QED) is 0.463. The second-order valence-electron chi connectivity index (χ2n) is 8.91. The molecule has 2 N–H and O–H groups in total. The fourth-order valence-electron chi connectivity index (χ4n) is 4.91. The van der Waals surface area contributed by atoms with Crippen molar-refractivity contribution >= 4 is 16.8 Å². The maximum Gasteiger partial charge on any atom is 0.220 e. The van der Waals surface area contributed by atoms with E-state index in [1.54, 1.807) is 7.11 Å². The average molecular weight is 434 g/mol. The van der Waals surface area contributed by atoms with E-state index < -0.39 is 0 Å². The molecule has 2 unspecified atom stereocenters. The van der Waals surface area contributed by atoms with Gasteiger partial charge >= 0.3 is 0 Å². The first-order valence-corrected chi connectivity index (χ1v) is 11.9. The van der Waals surface area contributed by atoms with Gasteiger partial charge in [0, 0.05) is 48.6 Å². The smallest absolute Gasteiger partial charge is 0.220 e. The summed E-state index contributed by atoms with van der Waals surface area (Å²) in [7, 11) is 1.68. The van der Waals surface area contributed by atoms with E-state index in [-0.39, 0.29) is 11.8 Å². The second-order valence-corrected chi connectivity index (χ2v) is 8.91. The van der Waals surface area contributed by atoms with Gasteiger partial charge in [0.15, 0.2) is 0 Å². The molecule has 2 heterocycles. The molecule has 0 saturated carbocycles. The molecule has 0 aliphatic carbocycles. The van der Waals surface area contributed by atoms with Gasteiger partial charge in [0.2, 0.25) is 5.91 Å². The van der Waals surface area contributed by atoms with Crippen molar-refractivity contribution in [2.75, 3.05) is 26.7 Å². The molecular formula is C27H35N3O2. The van der Waals surface area contributed by atoms with Crippen LogP contribution in [0.25, 0.3) is 10.9 Å². The van der Waals surface area contributed by atoms with Crippen LogP contribution in [0.4, 0.5) is 0 Å². The summed E-state index contributed by atoms with van der Waals surface area (Å²) >= 11 is 0. The van der Waals surface area contributed by atoms with E-state index in [4.69, 9.17) is 4.74 Å². The van der Waals surface area contributed by atoms with E-state index in [1.807, 2.05) is 36.5 Å². The molecule has 0 spiro atoms. The van der Waals surface area contributed by atoms with Crippen molar-refractivity contribution in [2.24, 2.45) is 0 Å². The van der Waals surface area contributed by atoms with Crippen LogP contribution in [0.1, 0.15) is 56.1 Å². The Hall–Kier alpha value is -2.79. The summed E-state index contributed by atoms with van der Waals surface area (Å²) in [6, 6.07) is 17.0. The number of rotatable bonds is 9. The van der Waals surface area contributed by atoms with Crippen molar-refractivity contribution in [2.45, 2.75) is 51.0 Å². The summed E-state index contributed by atoms with van der Waals surface area (Å²) in [5.74, 6) is 0.863. The lowest BCUT2D eigenvalue weighted by Gasteiger charge is -2.33. The molecule has 2 atom stereocenters. The zero-order valence-corrected chi connectivity index (χ0v) is 19.3. The highest BCUT2D eigenvalue weighted by Crippen LogP contribution is 2.34. The molecule has 5 nitrogen and oxygen atoms in total. The number of aromatic amines is 1. The number of carbonyl (C=O) groups excluding carboxylic acids is 1. The number of hydrogen-bond acceptors (Lipinski definition) is 3. The Morgan fingerprint density at radius 2 is 2.09 bits per heavy atom. The van der Waals surface area contributed by atoms with Crippen molar-refractivity contribution in [3.63, 3.8) is 0 Å². The molecule has 32 heavy (non-hydrogen) atoms. The fraction of sp³-hybridized carbons (Fsp3) is 0.444. The third-order valence-electron chi connectivity index (χ3n) is 6.77. The number of likely N-dealkylation sites (tertiary alicyclic amines) is 1. The first-order chi connectivity index (χ1) is 15.7. The first-order valence-electron chi connectivity index (χ1n) is 11.9. The number of carbonyl (C=O) groups is 1. The number of hydrogen-bond donors (Lipinski definition) is 2. The number of methoxy groups -OCH3 is 1. The predicted octanol–water partition coefficient (Wildman–Crippen LogP) is 5.08. The highest BCUT2D eigenvalue weighted by molar-refractivity contribution is 5.86. The molecule has 0 bridgehead atoms. The Kier molecular flexibility index (Phi) is 7.48. The zero-order chi connectivity index (χ0) is 22.3. The van der Waals surface area contributed by atoms with Crippen LogP contribution in [0.2, 0.25) is 0 Å². The van der Waals surface area contributed by atoms with E-state index in [1.165, 1.54) is 25.8 Å². The Morgan fingerprint density at radius 1 is 1.22 bits per heavy atom. The normalized spacial score (nSPS) is 17.9. The highest BCUT2D eigenvalue weighted by Gasteiger charge is 2.22. The molecular weight excluding hydrogens is 398 g/mol. The summed E-state index contributed by atoms with van der Waals surface area (Å²) in [5, 5.41) is 4.33. The average Bonchev–Trinajstić information content (AvgIpc) is 3.25. The number of nitrogens with one attached hydrogen (secondary N) is 2. The van der Waals surface area contributed by atoms with Gasteiger partial charge < -0.3 is 19.9 Å². The van der Waals surface area contributed by atoms with E-state index >= 15 is 0 Å². The number of aromatic nitrogens is 1. The summed E-state index contributed by atoms with van der Waals surface area (Å²) < 4.78 is 5.45. The van der Waals surface area contributed by atoms with Gasteiger partial charge in [-0.3, -0.25) is 4.79 Å². The van der Waals surface area contributed by atoms with Crippen molar-refractivity contribution in [3.05, 3.63) is 65.9 Å². The first kappa shape index (κ1) is 22.4. The minimum Gasteiger partial charge on any atom is -0.497 e. The molecule has 5 heteroatoms. The van der Waals surface area contributed by atoms with E-state index in [0.29, 0.717) is 12.5 Å². The molecule has 3 aromatic rings. The minimum absolute atomic E-state index is 0.0385. The van der Waals surface area contributed by atoms with E-state index in [0.717, 1.165) is 47.3 Å². The topological polar surface area (TPSA) is 57.4 Å². The number of H-pyrrole nitrogens is 1. The Balaban J connectivity index is 1.44. The summed E-state index contributed by atoms with van der Waals surface area (Å²) in [6.07, 6.45) is 7.37. The lowest BCUT2D eigenvalue weighted by Crippen LogP contribution is -2.39. The van der Waals surface area contributed by atoms with Gasteiger partial charge in [0.1, 0.15) is 5.75 Å². The van der Waals surface area contributed by atoms with Gasteiger partial charge in [-0.1, -0.05) is 36.8 Å². The molecule has 1 aliphatic rings. The van der Waals surface area contributed by atoms with Gasteiger partial charge in [-0.25, -0.2) is 0 Å². The van der Waals surface area contributed by atoms with Gasteiger partial charge in [0.05, 0.1) is 7.11 Å². The number of benzene rings is 2. The molecule has 1 aliphatic heterocycles. The largest absolute Gasteiger partial charge is 0.497 e. The fourth-order valence-corrected chi connectivity index (χ4v) is 4.91. The van der Waals surface area contributed by atoms with Crippen molar-refractivity contribution in [1.82, 2.24) is 15.2 Å². The standard InChI is InChI=1S/C27H35N3O2/c1-20-9-5-6-15-30(20)16-8-14-28-27(31)18-24(21-10-7-11-22(17-21)32-2)25-19-29-26-13-4-3-12-23(25)26/h3-4,7,10-13,17,19-20,24,29H,5-6,8-9,14-16,18H2,1-2H3,(H,28,31). The molecule has 1 fully saturated rings. The highest BCUT2D eigenvalue weighted by atomic mass is 16.5. The third-order valence-corrected chi connectivity index (χ3v) is 6.77.